The summed E-state index contributed by atoms with van der Waals surface area (Å²) in [6.07, 6.45) is 2.80. The van der Waals surface area contributed by atoms with Crippen molar-refractivity contribution in [3.63, 3.8) is 0 Å². The first-order chi connectivity index (χ1) is 18.3. The minimum absolute atomic E-state index is 0.0675. The van der Waals surface area contributed by atoms with Crippen LogP contribution in [0.1, 0.15) is 0 Å². The van der Waals surface area contributed by atoms with Gasteiger partial charge in [0.2, 0.25) is 5.88 Å². The van der Waals surface area contributed by atoms with Crippen LogP contribution < -0.4 is 9.46 Å². The van der Waals surface area contributed by atoms with Gasteiger partial charge in [-0.25, -0.2) is 26.9 Å². The van der Waals surface area contributed by atoms with Gasteiger partial charge in [-0.2, -0.15) is 0 Å². The quantitative estimate of drug-likeness (QED) is 0.324. The Morgan fingerprint density at radius 1 is 1.03 bits per heavy atom. The Hall–Kier alpha value is -4.91. The molecule has 190 valence electrons. The second-order valence-corrected chi connectivity index (χ2v) is 9.96. The number of halogens is 2. The predicted octanol–water partition coefficient (Wildman–Crippen LogP) is 4.45. The van der Waals surface area contributed by atoms with Crippen molar-refractivity contribution in [2.75, 3.05) is 11.8 Å². The number of rotatable bonds is 6. The zero-order chi connectivity index (χ0) is 26.4. The van der Waals surface area contributed by atoms with E-state index in [2.05, 4.69) is 30.2 Å². The number of hydrogen-bond acceptors (Lipinski definition) is 7. The molecule has 3 aromatic heterocycles. The van der Waals surface area contributed by atoms with Gasteiger partial charge in [0.25, 0.3) is 10.0 Å². The molecule has 10 nitrogen and oxygen atoms in total. The molecule has 6 aromatic rings. The highest BCUT2D eigenvalue weighted by Crippen LogP contribution is 2.30. The van der Waals surface area contributed by atoms with Gasteiger partial charge in [-0.1, -0.05) is 35.5 Å². The lowest BCUT2D eigenvalue weighted by molar-refractivity contribution is 0.401. The van der Waals surface area contributed by atoms with E-state index in [9.17, 15) is 12.8 Å². The molecule has 38 heavy (non-hydrogen) atoms. The molecular weight excluding hydrogens is 516 g/mol. The first kappa shape index (κ1) is 23.5. The van der Waals surface area contributed by atoms with Gasteiger partial charge >= 0.3 is 0 Å². The summed E-state index contributed by atoms with van der Waals surface area (Å²) in [6, 6.07) is 15.4. The molecule has 13 heteroatoms. The highest BCUT2D eigenvalue weighted by Gasteiger charge is 2.22. The Morgan fingerprint density at radius 3 is 2.66 bits per heavy atom. The van der Waals surface area contributed by atoms with E-state index in [1.165, 1.54) is 31.6 Å². The molecule has 0 aliphatic rings. The summed E-state index contributed by atoms with van der Waals surface area (Å²) in [4.78, 5) is 4.18. The summed E-state index contributed by atoms with van der Waals surface area (Å²) in [7, 11) is -2.72. The smallest absolute Gasteiger partial charge is 0.262 e. The van der Waals surface area contributed by atoms with Gasteiger partial charge < -0.3 is 4.74 Å². The third kappa shape index (κ3) is 3.98. The van der Waals surface area contributed by atoms with Gasteiger partial charge in [0.1, 0.15) is 11.4 Å². The maximum atomic E-state index is 15.5. The minimum atomic E-state index is -4.19. The Balaban J connectivity index is 1.35. The molecule has 2 N–H and O–H groups in total. The van der Waals surface area contributed by atoms with Crippen LogP contribution in [0.15, 0.2) is 78.0 Å². The number of sulfonamides is 1. The normalized spacial score (nSPS) is 11.8. The lowest BCUT2D eigenvalue weighted by Gasteiger charge is -2.12. The molecule has 0 spiro atoms. The van der Waals surface area contributed by atoms with Crippen molar-refractivity contribution in [3.05, 3.63) is 84.7 Å². The summed E-state index contributed by atoms with van der Waals surface area (Å²) in [5.74, 6) is -1.79. The highest BCUT2D eigenvalue weighted by molar-refractivity contribution is 7.92. The topological polar surface area (TPSA) is 128 Å². The van der Waals surface area contributed by atoms with Crippen LogP contribution in [0.3, 0.4) is 0 Å². The van der Waals surface area contributed by atoms with Crippen LogP contribution in [0, 0.1) is 11.6 Å². The van der Waals surface area contributed by atoms with Crippen LogP contribution in [0.4, 0.5) is 14.5 Å². The Bertz CT molecular complexity index is 1950. The number of fused-ring (bicyclic) bond motifs is 2. The van der Waals surface area contributed by atoms with Crippen LogP contribution in [0.25, 0.3) is 38.8 Å². The van der Waals surface area contributed by atoms with Crippen molar-refractivity contribution < 1.29 is 21.9 Å². The van der Waals surface area contributed by atoms with Crippen molar-refractivity contribution >= 4 is 37.5 Å². The minimum Gasteiger partial charge on any atom is -0.479 e. The average molecular weight is 534 g/mol. The number of ether oxygens (including phenoxy) is 1. The van der Waals surface area contributed by atoms with Crippen molar-refractivity contribution in [1.29, 1.82) is 0 Å². The first-order valence-electron chi connectivity index (χ1n) is 11.1. The van der Waals surface area contributed by atoms with E-state index in [1.54, 1.807) is 24.3 Å². The largest absolute Gasteiger partial charge is 0.479 e. The number of nitrogens with zero attached hydrogens (tertiary/aromatic N) is 5. The molecule has 0 fully saturated rings. The third-order valence-corrected chi connectivity index (χ3v) is 7.30. The van der Waals surface area contributed by atoms with E-state index < -0.39 is 33.0 Å². The number of H-pyrrole nitrogens is 1. The van der Waals surface area contributed by atoms with Crippen LogP contribution >= 0.6 is 0 Å². The monoisotopic (exact) mass is 533 g/mol. The van der Waals surface area contributed by atoms with Gasteiger partial charge in [0.05, 0.1) is 29.3 Å². The fourth-order valence-corrected chi connectivity index (χ4v) is 5.14. The first-order valence-corrected chi connectivity index (χ1v) is 12.6. The lowest BCUT2D eigenvalue weighted by Crippen LogP contribution is -2.15. The molecule has 0 unspecified atom stereocenters. The summed E-state index contributed by atoms with van der Waals surface area (Å²) >= 11 is 0. The van der Waals surface area contributed by atoms with Crippen LogP contribution in [0.5, 0.6) is 5.88 Å². The van der Waals surface area contributed by atoms with Crippen molar-refractivity contribution in [1.82, 2.24) is 30.2 Å². The number of hydrogen-bond donors (Lipinski definition) is 2. The van der Waals surface area contributed by atoms with Gasteiger partial charge in [0, 0.05) is 11.8 Å². The second-order valence-electron chi connectivity index (χ2n) is 8.27. The standard InChI is InChI=1S/C25H17F2N7O3S/c1-37-25-18-11-16(12-28-24(18)30-31-25)21-13-34(33-29-21)23-19(26)8-9-20(22(23)27)32-38(35,36)17-7-6-14-4-2-3-5-15(14)10-17/h2-13,32H,1H3,(H,28,30,31). The fourth-order valence-electron chi connectivity index (χ4n) is 4.05. The molecule has 0 saturated heterocycles. The van der Waals surface area contributed by atoms with E-state index in [4.69, 9.17) is 4.74 Å². The molecule has 6 rings (SSSR count). The van der Waals surface area contributed by atoms with Crippen molar-refractivity contribution in [2.24, 2.45) is 0 Å². The zero-order valence-electron chi connectivity index (χ0n) is 19.6. The second kappa shape index (κ2) is 8.88. The SMILES string of the molecule is COc1n[nH]c2ncc(-c3cn(-c4c(F)ccc(NS(=O)(=O)c5ccc6ccccc6c5)c4F)nn3)cc12. The summed E-state index contributed by atoms with van der Waals surface area (Å²) < 4.78 is 64.6. The molecule has 0 radical (unpaired) electrons. The fraction of sp³-hybridized carbons (Fsp3) is 0.0400. The van der Waals surface area contributed by atoms with E-state index >= 15 is 4.39 Å². The lowest BCUT2D eigenvalue weighted by atomic mass is 10.1. The highest BCUT2D eigenvalue weighted by atomic mass is 32.2. The third-order valence-electron chi connectivity index (χ3n) is 5.94. The molecule has 3 heterocycles. The van der Waals surface area contributed by atoms with Gasteiger partial charge in [-0.3, -0.25) is 9.82 Å². The Kier molecular flexibility index (Phi) is 5.49. The van der Waals surface area contributed by atoms with Gasteiger partial charge in [0.15, 0.2) is 17.3 Å². The molecule has 0 aliphatic carbocycles. The molecule has 0 aliphatic heterocycles. The van der Waals surface area contributed by atoms with E-state index in [1.807, 2.05) is 12.1 Å². The number of anilines is 1. The van der Waals surface area contributed by atoms with Crippen molar-refractivity contribution in [2.45, 2.75) is 4.90 Å². The van der Waals surface area contributed by atoms with E-state index in [0.29, 0.717) is 27.9 Å². The van der Waals surface area contributed by atoms with Crippen LogP contribution in [0.2, 0.25) is 0 Å². The van der Waals surface area contributed by atoms with Crippen LogP contribution in [-0.4, -0.2) is 45.7 Å². The van der Waals surface area contributed by atoms with E-state index in [-0.39, 0.29) is 10.6 Å². The molecule has 0 atom stereocenters. The number of methoxy groups -OCH3 is 1. The van der Waals surface area contributed by atoms with Crippen LogP contribution in [-0.2, 0) is 10.0 Å². The average Bonchev–Trinajstić information content (AvgIpc) is 3.57. The Labute approximate surface area is 213 Å². The molecular formula is C25H17F2N7O3S. The number of nitrogens with one attached hydrogen (secondary N) is 2. The van der Waals surface area contributed by atoms with E-state index in [0.717, 1.165) is 22.2 Å². The zero-order valence-corrected chi connectivity index (χ0v) is 20.4. The summed E-state index contributed by atoms with van der Waals surface area (Å²) in [5.41, 5.74) is 0.206. The number of aromatic nitrogens is 6. The summed E-state index contributed by atoms with van der Waals surface area (Å²) in [5, 5.41) is 16.7. The maximum Gasteiger partial charge on any atom is 0.262 e. The molecule has 0 bridgehead atoms. The summed E-state index contributed by atoms with van der Waals surface area (Å²) in [6.45, 7) is 0. The predicted molar refractivity (Wildman–Crippen MR) is 135 cm³/mol. The van der Waals surface area contributed by atoms with Gasteiger partial charge in [-0.05, 0) is 41.1 Å². The van der Waals surface area contributed by atoms with Gasteiger partial charge in [-0.15, -0.1) is 10.2 Å². The van der Waals surface area contributed by atoms with Crippen molar-refractivity contribution in [3.8, 4) is 22.8 Å². The number of pyridine rings is 1. The Morgan fingerprint density at radius 2 is 1.84 bits per heavy atom. The molecule has 0 amide bonds. The molecule has 0 saturated carbocycles. The number of aromatic amines is 1. The molecule has 3 aromatic carbocycles. The number of benzene rings is 3. The maximum absolute atomic E-state index is 15.5.